The summed E-state index contributed by atoms with van der Waals surface area (Å²) in [5.41, 5.74) is 8.36. The fourth-order valence-electron chi connectivity index (χ4n) is 4.49. The van der Waals surface area contributed by atoms with Crippen LogP contribution in [-0.4, -0.2) is 49.6 Å². The summed E-state index contributed by atoms with van der Waals surface area (Å²) in [6, 6.07) is 8.46. The minimum Gasteiger partial charge on any atom is -0.383 e. The molecule has 0 radical (unpaired) electrons. The topological polar surface area (TPSA) is 127 Å². The van der Waals surface area contributed by atoms with Gasteiger partial charge in [-0.2, -0.15) is 27.9 Å². The van der Waals surface area contributed by atoms with Crippen LogP contribution < -0.4 is 16.0 Å². The quantitative estimate of drug-likeness (QED) is 0.408. The van der Waals surface area contributed by atoms with E-state index in [-0.39, 0.29) is 5.69 Å². The summed E-state index contributed by atoms with van der Waals surface area (Å²) < 4.78 is 40.7. The van der Waals surface area contributed by atoms with E-state index >= 15 is 0 Å². The lowest BCUT2D eigenvalue weighted by Crippen LogP contribution is -2.33. The zero-order valence-electron chi connectivity index (χ0n) is 20.4. The van der Waals surface area contributed by atoms with Crippen LogP contribution in [0.1, 0.15) is 32.7 Å². The number of benzene rings is 1. The average molecular weight is 532 g/mol. The molecule has 39 heavy (non-hydrogen) atoms. The van der Waals surface area contributed by atoms with Gasteiger partial charge in [0.25, 0.3) is 11.9 Å². The first-order valence-electron chi connectivity index (χ1n) is 11.9. The number of carbonyl (C=O) groups is 1. The average Bonchev–Trinajstić information content (AvgIpc) is 3.58. The SMILES string of the molecule is Cc1ccc(NC(=O)c2cc(C(F)(F)F)ccn2)cc1C1=Cc2cnc(-n3nccc3N)nc2N2CCN=C12. The number of pyridine rings is 1. The number of alkyl halides is 3. The molecule has 0 aliphatic carbocycles. The molecule has 5 heterocycles. The van der Waals surface area contributed by atoms with Gasteiger partial charge in [-0.15, -0.1) is 0 Å². The van der Waals surface area contributed by atoms with Gasteiger partial charge >= 0.3 is 6.18 Å². The molecule has 0 fully saturated rings. The van der Waals surface area contributed by atoms with Crippen LogP contribution in [0, 0.1) is 6.92 Å². The van der Waals surface area contributed by atoms with Crippen molar-refractivity contribution < 1.29 is 18.0 Å². The number of aromatic nitrogens is 5. The highest BCUT2D eigenvalue weighted by atomic mass is 19.4. The number of nitrogens with two attached hydrogens (primary N) is 1. The van der Waals surface area contributed by atoms with E-state index in [1.807, 2.05) is 24.0 Å². The molecule has 0 unspecified atom stereocenters. The summed E-state index contributed by atoms with van der Waals surface area (Å²) in [5.74, 6) is 1.38. The van der Waals surface area contributed by atoms with Gasteiger partial charge in [-0.1, -0.05) is 6.07 Å². The van der Waals surface area contributed by atoms with Crippen LogP contribution in [-0.2, 0) is 6.18 Å². The number of nitrogen functional groups attached to an aromatic ring is 1. The van der Waals surface area contributed by atoms with Gasteiger partial charge in [-0.25, -0.2) is 4.98 Å². The Morgan fingerprint density at radius 3 is 2.72 bits per heavy atom. The molecule has 1 aromatic carbocycles. The van der Waals surface area contributed by atoms with Gasteiger partial charge in [-0.3, -0.25) is 14.8 Å². The molecule has 0 bridgehead atoms. The Morgan fingerprint density at radius 1 is 1.10 bits per heavy atom. The molecule has 13 heteroatoms. The molecule has 1 amide bonds. The summed E-state index contributed by atoms with van der Waals surface area (Å²) in [6.07, 6.45) is 1.56. The maximum atomic E-state index is 13.1. The van der Waals surface area contributed by atoms with E-state index in [0.717, 1.165) is 40.6 Å². The normalized spacial score (nSPS) is 14.4. The number of aliphatic imine (C=N–C) groups is 1. The van der Waals surface area contributed by atoms with Crippen molar-refractivity contribution in [1.82, 2.24) is 24.7 Å². The number of hydrogen-bond donors (Lipinski definition) is 2. The Hall–Kier alpha value is -5.07. The monoisotopic (exact) mass is 531 g/mol. The van der Waals surface area contributed by atoms with Crippen molar-refractivity contribution in [3.05, 3.63) is 82.9 Å². The number of nitrogens with one attached hydrogen (secondary N) is 1. The van der Waals surface area contributed by atoms with E-state index in [0.29, 0.717) is 42.2 Å². The number of hydrogen-bond acceptors (Lipinski definition) is 8. The molecule has 0 spiro atoms. The lowest BCUT2D eigenvalue weighted by Gasteiger charge is -2.28. The number of anilines is 3. The number of nitrogens with zero attached hydrogens (tertiary/aromatic N) is 7. The maximum Gasteiger partial charge on any atom is 0.416 e. The van der Waals surface area contributed by atoms with E-state index in [1.165, 1.54) is 4.68 Å². The van der Waals surface area contributed by atoms with E-state index in [4.69, 9.17) is 15.7 Å². The van der Waals surface area contributed by atoms with E-state index < -0.39 is 17.6 Å². The first-order valence-corrected chi connectivity index (χ1v) is 11.9. The molecular formula is C26H20F3N9O. The zero-order valence-corrected chi connectivity index (χ0v) is 20.4. The van der Waals surface area contributed by atoms with Crippen molar-refractivity contribution in [2.75, 3.05) is 29.0 Å². The first kappa shape index (κ1) is 24.3. The van der Waals surface area contributed by atoms with Crippen molar-refractivity contribution >= 4 is 40.7 Å². The van der Waals surface area contributed by atoms with Crippen LogP contribution in [0.3, 0.4) is 0 Å². The number of halogens is 3. The molecule has 6 rings (SSSR count). The summed E-state index contributed by atoms with van der Waals surface area (Å²) >= 11 is 0. The second-order valence-corrected chi connectivity index (χ2v) is 8.94. The zero-order chi connectivity index (χ0) is 27.3. The number of carbonyl (C=O) groups excluding carboxylic acids is 1. The number of amides is 1. The summed E-state index contributed by atoms with van der Waals surface area (Å²) in [6.45, 7) is 3.10. The fraction of sp³-hybridized carbons (Fsp3) is 0.154. The maximum absolute atomic E-state index is 13.1. The van der Waals surface area contributed by atoms with Gasteiger partial charge in [0.2, 0.25) is 0 Å². The third kappa shape index (κ3) is 4.37. The molecule has 3 N–H and O–H groups in total. The van der Waals surface area contributed by atoms with Gasteiger partial charge in [-0.05, 0) is 48.4 Å². The Kier molecular flexibility index (Phi) is 5.63. The minimum atomic E-state index is -4.58. The van der Waals surface area contributed by atoms with Gasteiger partial charge in [0.15, 0.2) is 0 Å². The third-order valence-corrected chi connectivity index (χ3v) is 6.39. The van der Waals surface area contributed by atoms with Gasteiger partial charge in [0, 0.05) is 41.8 Å². The fourth-order valence-corrected chi connectivity index (χ4v) is 4.49. The van der Waals surface area contributed by atoms with E-state index in [1.54, 1.807) is 30.6 Å². The predicted octanol–water partition coefficient (Wildman–Crippen LogP) is 3.99. The summed E-state index contributed by atoms with van der Waals surface area (Å²) in [5, 5.41) is 6.83. The Morgan fingerprint density at radius 2 is 1.95 bits per heavy atom. The molecule has 2 aliphatic rings. The number of rotatable bonds is 4. The molecule has 0 saturated carbocycles. The molecular weight excluding hydrogens is 511 g/mol. The summed E-state index contributed by atoms with van der Waals surface area (Å²) in [4.78, 5) is 32.4. The summed E-state index contributed by atoms with van der Waals surface area (Å²) in [7, 11) is 0. The van der Waals surface area contributed by atoms with Crippen molar-refractivity contribution in [3.63, 3.8) is 0 Å². The highest BCUT2D eigenvalue weighted by Gasteiger charge is 2.32. The standard InChI is InChI=1S/C26H20F3N9O/c1-14-2-3-17(35-24(39)20-11-16(4-6-31-20)26(27,28)29)12-18(14)19-10-15-13-33-25(38-21(30)5-7-34-38)36-22(15)37-9-8-32-23(19)37/h2-7,10-13H,8-9,30H2,1H3,(H,35,39). The highest BCUT2D eigenvalue weighted by molar-refractivity contribution is 6.36. The van der Waals surface area contributed by atoms with Crippen molar-refractivity contribution in [2.24, 2.45) is 4.99 Å². The largest absolute Gasteiger partial charge is 0.416 e. The van der Waals surface area contributed by atoms with Crippen LogP contribution >= 0.6 is 0 Å². The van der Waals surface area contributed by atoms with Crippen LogP contribution in [0.5, 0.6) is 0 Å². The molecule has 3 aromatic heterocycles. The minimum absolute atomic E-state index is 0.337. The van der Waals surface area contributed by atoms with Crippen molar-refractivity contribution in [3.8, 4) is 5.95 Å². The lowest BCUT2D eigenvalue weighted by molar-refractivity contribution is -0.137. The van der Waals surface area contributed by atoms with E-state index in [2.05, 4.69) is 20.4 Å². The number of fused-ring (bicyclic) bond motifs is 3. The highest BCUT2D eigenvalue weighted by Crippen LogP contribution is 2.37. The molecule has 196 valence electrons. The van der Waals surface area contributed by atoms with Crippen molar-refractivity contribution in [1.29, 1.82) is 0 Å². The Labute approximate surface area is 219 Å². The molecule has 0 saturated heterocycles. The second-order valence-electron chi connectivity index (χ2n) is 8.94. The van der Waals surface area contributed by atoms with Crippen LogP contribution in [0.4, 0.5) is 30.5 Å². The van der Waals surface area contributed by atoms with E-state index in [9.17, 15) is 18.0 Å². The third-order valence-electron chi connectivity index (χ3n) is 6.39. The van der Waals surface area contributed by atoms with Gasteiger partial charge < -0.3 is 16.0 Å². The van der Waals surface area contributed by atoms with Gasteiger partial charge in [0.1, 0.15) is 23.2 Å². The lowest BCUT2D eigenvalue weighted by atomic mass is 9.94. The molecule has 4 aromatic rings. The van der Waals surface area contributed by atoms with Gasteiger partial charge in [0.05, 0.1) is 18.3 Å². The number of amidine groups is 1. The smallest absolute Gasteiger partial charge is 0.383 e. The Bertz CT molecular complexity index is 1690. The Balaban J connectivity index is 1.35. The molecule has 2 aliphatic heterocycles. The van der Waals surface area contributed by atoms with Crippen LogP contribution in [0.25, 0.3) is 17.6 Å². The number of aryl methyl sites for hydroxylation is 1. The van der Waals surface area contributed by atoms with Crippen LogP contribution in [0.2, 0.25) is 0 Å². The van der Waals surface area contributed by atoms with Crippen LogP contribution in [0.15, 0.2) is 60.0 Å². The van der Waals surface area contributed by atoms with Crippen molar-refractivity contribution in [2.45, 2.75) is 13.1 Å². The first-order chi connectivity index (χ1) is 18.7. The molecule has 10 nitrogen and oxygen atoms in total. The second kappa shape index (κ2) is 9.04. The molecule has 0 atom stereocenters. The predicted molar refractivity (Wildman–Crippen MR) is 139 cm³/mol.